The van der Waals surface area contributed by atoms with Crippen LogP contribution in [0.15, 0.2) is 66.9 Å². The fraction of sp³-hybridized carbons (Fsp3) is 0.368. The average molecular weight is 680 g/mol. The highest BCUT2D eigenvalue weighted by Gasteiger charge is 2.27. The van der Waals surface area contributed by atoms with E-state index in [-0.39, 0.29) is 11.2 Å². The summed E-state index contributed by atoms with van der Waals surface area (Å²) < 4.78 is 11.2. The van der Waals surface area contributed by atoms with Crippen molar-refractivity contribution < 1.29 is 23.9 Å². The lowest BCUT2D eigenvalue weighted by Crippen LogP contribution is -2.49. The van der Waals surface area contributed by atoms with Crippen LogP contribution < -0.4 is 26.0 Å². The maximum atomic E-state index is 13.6. The van der Waals surface area contributed by atoms with E-state index in [9.17, 15) is 14.4 Å². The Bertz CT molecular complexity index is 1860. The van der Waals surface area contributed by atoms with Crippen molar-refractivity contribution in [2.45, 2.75) is 32.7 Å². The number of anilines is 3. The van der Waals surface area contributed by atoms with Crippen molar-refractivity contribution in [3.63, 3.8) is 0 Å². The van der Waals surface area contributed by atoms with Crippen LogP contribution in [0, 0.1) is 0 Å². The number of aromatic nitrogens is 1. The fourth-order valence-corrected chi connectivity index (χ4v) is 6.26. The lowest BCUT2D eigenvalue weighted by atomic mass is 9.86. The van der Waals surface area contributed by atoms with Gasteiger partial charge in [-0.2, -0.15) is 0 Å². The largest absolute Gasteiger partial charge is 0.492 e. The van der Waals surface area contributed by atoms with Gasteiger partial charge in [0.15, 0.2) is 5.75 Å². The average Bonchev–Trinajstić information content (AvgIpc) is 3.12. The minimum absolute atomic E-state index is 0.236. The lowest BCUT2D eigenvalue weighted by Gasteiger charge is -2.27. The number of pyridine rings is 1. The zero-order valence-electron chi connectivity index (χ0n) is 29.1. The Kier molecular flexibility index (Phi) is 10.6. The third kappa shape index (κ3) is 8.05. The molecule has 262 valence electrons. The van der Waals surface area contributed by atoms with Gasteiger partial charge in [-0.3, -0.25) is 19.5 Å². The normalized spacial score (nSPS) is 15.4. The van der Waals surface area contributed by atoms with Crippen molar-refractivity contribution in [3.05, 3.63) is 78.1 Å². The summed E-state index contributed by atoms with van der Waals surface area (Å²) in [5.74, 6) is -1.14. The summed E-state index contributed by atoms with van der Waals surface area (Å²) in [6.45, 7) is 12.3. The van der Waals surface area contributed by atoms with Gasteiger partial charge in [0.25, 0.3) is 0 Å². The molecule has 0 spiro atoms. The van der Waals surface area contributed by atoms with Gasteiger partial charge in [0.05, 0.1) is 43.1 Å². The molecule has 4 N–H and O–H groups in total. The number of carbonyl (C=O) groups is 3. The van der Waals surface area contributed by atoms with E-state index < -0.39 is 17.8 Å². The highest BCUT2D eigenvalue weighted by Crippen LogP contribution is 2.39. The van der Waals surface area contributed by atoms with Crippen molar-refractivity contribution in [1.29, 1.82) is 0 Å². The van der Waals surface area contributed by atoms with Gasteiger partial charge < -0.3 is 35.6 Å². The first-order valence-electron chi connectivity index (χ1n) is 17.0. The minimum Gasteiger partial charge on any atom is -0.492 e. The van der Waals surface area contributed by atoms with Crippen LogP contribution in [0.1, 0.15) is 32.0 Å². The molecular weight excluding hydrogens is 634 g/mol. The van der Waals surface area contributed by atoms with Gasteiger partial charge in [0, 0.05) is 63.0 Å². The number of amides is 4. The summed E-state index contributed by atoms with van der Waals surface area (Å²) in [4.78, 5) is 48.2. The molecule has 0 unspecified atom stereocenters. The number of hydrogen-bond acceptors (Lipinski definition) is 8. The first-order valence-corrected chi connectivity index (χ1v) is 17.0. The van der Waals surface area contributed by atoms with Crippen LogP contribution >= 0.6 is 0 Å². The topological polar surface area (TPSA) is 137 Å². The molecular formula is C38H45N7O5. The van der Waals surface area contributed by atoms with Crippen LogP contribution in [0.3, 0.4) is 0 Å². The smallest absolute Gasteiger partial charge is 0.323 e. The monoisotopic (exact) mass is 679 g/mol. The van der Waals surface area contributed by atoms with E-state index >= 15 is 0 Å². The van der Waals surface area contributed by atoms with E-state index in [0.29, 0.717) is 43.2 Å². The van der Waals surface area contributed by atoms with Gasteiger partial charge >= 0.3 is 17.8 Å². The zero-order chi connectivity index (χ0) is 35.3. The Hall–Kier alpha value is -5.04. The number of nitrogens with zero attached hydrogens (tertiary/aromatic N) is 3. The molecule has 3 heterocycles. The number of carbonyl (C=O) groups excluding carboxylic acids is 3. The number of methoxy groups -OCH3 is 1. The number of urea groups is 1. The predicted molar refractivity (Wildman–Crippen MR) is 196 cm³/mol. The van der Waals surface area contributed by atoms with Gasteiger partial charge in [0.1, 0.15) is 0 Å². The third-order valence-electron chi connectivity index (χ3n) is 9.05. The molecule has 6 rings (SSSR count). The second kappa shape index (κ2) is 15.2. The molecule has 0 radical (unpaired) electrons. The van der Waals surface area contributed by atoms with E-state index in [1.165, 1.54) is 12.0 Å². The molecule has 2 aliphatic rings. The number of morpholine rings is 1. The second-order valence-electron chi connectivity index (χ2n) is 13.6. The van der Waals surface area contributed by atoms with Crippen LogP contribution in [-0.2, 0) is 26.3 Å². The Balaban J connectivity index is 1.22. The van der Waals surface area contributed by atoms with Crippen LogP contribution in [0.25, 0.3) is 21.9 Å². The fourth-order valence-electron chi connectivity index (χ4n) is 6.26. The molecule has 1 aromatic heterocycles. The minimum atomic E-state index is -0.764. The third-order valence-corrected chi connectivity index (χ3v) is 9.05. The summed E-state index contributed by atoms with van der Waals surface area (Å²) in [5.41, 5.74) is 4.76. The van der Waals surface area contributed by atoms with Gasteiger partial charge in [-0.15, -0.1) is 0 Å². The molecule has 2 fully saturated rings. The van der Waals surface area contributed by atoms with Crippen molar-refractivity contribution in [3.8, 4) is 16.9 Å². The first kappa shape index (κ1) is 34.8. The maximum Gasteiger partial charge on any atom is 0.323 e. The number of ether oxygens (including phenoxy) is 2. The van der Waals surface area contributed by atoms with Crippen LogP contribution in [0.5, 0.6) is 5.75 Å². The number of benzene rings is 3. The van der Waals surface area contributed by atoms with Gasteiger partial charge in [-0.1, -0.05) is 57.2 Å². The molecule has 2 aliphatic heterocycles. The van der Waals surface area contributed by atoms with Crippen molar-refractivity contribution in [2.24, 2.45) is 0 Å². The zero-order valence-corrected chi connectivity index (χ0v) is 29.1. The standard InChI is InChI=1S/C38H45N7O5/c1-38(2,3)26-21-32(41-35(46)36(47)45-15-13-39-14-16-45)34(49-4)33(22-26)43-37(48)42-31-12-11-28(29-7-5-6-8-30(29)31)25-9-10-27(40-23-25)24-44-17-19-50-20-18-44/h5-12,21-23,39H,13-20,24H2,1-4H3,(H,41,46)(H2,42,43,48). The molecule has 0 atom stereocenters. The van der Waals surface area contributed by atoms with Gasteiger partial charge in [-0.25, -0.2) is 4.79 Å². The number of piperazine rings is 1. The Morgan fingerprint density at radius 2 is 1.54 bits per heavy atom. The molecule has 0 bridgehead atoms. The van der Waals surface area contributed by atoms with Gasteiger partial charge in [-0.05, 0) is 46.2 Å². The van der Waals surface area contributed by atoms with Crippen LogP contribution in [0.2, 0.25) is 0 Å². The van der Waals surface area contributed by atoms with Crippen molar-refractivity contribution >= 4 is 45.7 Å². The number of nitrogens with one attached hydrogen (secondary N) is 4. The number of hydrogen-bond donors (Lipinski definition) is 4. The SMILES string of the molecule is COc1c(NC(=O)Nc2ccc(-c3ccc(CN4CCOCC4)nc3)c3ccccc23)cc(C(C)(C)C)cc1NC(=O)C(=O)N1CCNCC1. The summed E-state index contributed by atoms with van der Waals surface area (Å²) in [5, 5.41) is 13.7. The summed E-state index contributed by atoms with van der Waals surface area (Å²) in [6.07, 6.45) is 1.90. The maximum absolute atomic E-state index is 13.6. The molecule has 0 saturated carbocycles. The number of rotatable bonds is 7. The highest BCUT2D eigenvalue weighted by atomic mass is 16.5. The molecule has 12 heteroatoms. The van der Waals surface area contributed by atoms with E-state index in [2.05, 4.69) is 38.3 Å². The van der Waals surface area contributed by atoms with Crippen molar-refractivity contribution in [2.75, 3.05) is 75.5 Å². The quantitative estimate of drug-likeness (QED) is 0.199. The number of fused-ring (bicyclic) bond motifs is 1. The summed E-state index contributed by atoms with van der Waals surface area (Å²) in [7, 11) is 1.46. The van der Waals surface area contributed by atoms with Crippen molar-refractivity contribution in [1.82, 2.24) is 20.1 Å². The van der Waals surface area contributed by atoms with Gasteiger partial charge in [0.2, 0.25) is 0 Å². The van der Waals surface area contributed by atoms with E-state index in [1.54, 1.807) is 6.07 Å². The van der Waals surface area contributed by atoms with E-state index in [0.717, 1.165) is 66.0 Å². The Morgan fingerprint density at radius 1 is 0.860 bits per heavy atom. The summed E-state index contributed by atoms with van der Waals surface area (Å²) >= 11 is 0. The molecule has 0 aliphatic carbocycles. The van der Waals surface area contributed by atoms with Crippen LogP contribution in [-0.4, -0.2) is 92.2 Å². The Morgan fingerprint density at radius 3 is 2.20 bits per heavy atom. The van der Waals surface area contributed by atoms with Crippen LogP contribution in [0.4, 0.5) is 21.9 Å². The molecule has 3 aromatic carbocycles. The Labute approximate surface area is 292 Å². The lowest BCUT2D eigenvalue weighted by molar-refractivity contribution is -0.143. The first-order chi connectivity index (χ1) is 24.1. The summed E-state index contributed by atoms with van der Waals surface area (Å²) in [6, 6.07) is 19.0. The molecule has 50 heavy (non-hydrogen) atoms. The second-order valence-corrected chi connectivity index (χ2v) is 13.6. The molecule has 2 saturated heterocycles. The van der Waals surface area contributed by atoms with E-state index in [1.807, 2.05) is 69.4 Å². The molecule has 4 amide bonds. The van der Waals surface area contributed by atoms with E-state index in [4.69, 9.17) is 14.5 Å². The molecule has 4 aromatic rings. The predicted octanol–water partition coefficient (Wildman–Crippen LogP) is 5.05. The highest BCUT2D eigenvalue weighted by molar-refractivity contribution is 6.39. The molecule has 12 nitrogen and oxygen atoms in total.